The summed E-state index contributed by atoms with van der Waals surface area (Å²) >= 11 is 0. The molecule has 1 fully saturated rings. The third-order valence-corrected chi connectivity index (χ3v) is 5.56. The van der Waals surface area contributed by atoms with Gasteiger partial charge < -0.3 is 4.90 Å². The van der Waals surface area contributed by atoms with Gasteiger partial charge in [-0.2, -0.15) is 0 Å². The van der Waals surface area contributed by atoms with E-state index in [1.807, 2.05) is 17.9 Å². The van der Waals surface area contributed by atoms with E-state index in [2.05, 4.69) is 34.1 Å². The summed E-state index contributed by atoms with van der Waals surface area (Å²) in [6.07, 6.45) is 7.02. The molecule has 130 valence electrons. The first kappa shape index (κ1) is 16.3. The Morgan fingerprint density at radius 3 is 2.60 bits per heavy atom. The molecule has 1 amide bonds. The second-order valence-electron chi connectivity index (χ2n) is 7.24. The van der Waals surface area contributed by atoms with Crippen LogP contribution in [0, 0.1) is 6.92 Å². The molecule has 4 heteroatoms. The molecular formula is C21H25N3O. The van der Waals surface area contributed by atoms with E-state index in [0.29, 0.717) is 11.6 Å². The van der Waals surface area contributed by atoms with Crippen LogP contribution in [-0.4, -0.2) is 52.9 Å². The third-order valence-electron chi connectivity index (χ3n) is 5.56. The highest BCUT2D eigenvalue weighted by Crippen LogP contribution is 2.25. The molecule has 0 spiro atoms. The number of piperazine rings is 1. The van der Waals surface area contributed by atoms with Crippen LogP contribution in [0.5, 0.6) is 0 Å². The fraction of sp³-hybridized carbons (Fsp3) is 0.429. The van der Waals surface area contributed by atoms with Crippen LogP contribution < -0.4 is 0 Å². The monoisotopic (exact) mass is 335 g/mol. The first-order chi connectivity index (χ1) is 12.2. The van der Waals surface area contributed by atoms with Gasteiger partial charge in [-0.05, 0) is 48.9 Å². The van der Waals surface area contributed by atoms with Gasteiger partial charge >= 0.3 is 0 Å². The number of hydrogen-bond acceptors (Lipinski definition) is 3. The van der Waals surface area contributed by atoms with E-state index in [9.17, 15) is 4.79 Å². The molecule has 1 aliphatic carbocycles. The van der Waals surface area contributed by atoms with E-state index < -0.39 is 0 Å². The number of hydrogen-bond donors (Lipinski definition) is 0. The van der Waals surface area contributed by atoms with Crippen LogP contribution in [0.4, 0.5) is 0 Å². The van der Waals surface area contributed by atoms with Crippen molar-refractivity contribution in [1.29, 1.82) is 0 Å². The number of rotatable bonds is 2. The molecule has 4 nitrogen and oxygen atoms in total. The molecule has 0 unspecified atom stereocenters. The normalized spacial score (nSPS) is 21.0. The Balaban J connectivity index is 1.37. The predicted octanol–water partition coefficient (Wildman–Crippen LogP) is 2.71. The Labute approximate surface area is 149 Å². The van der Waals surface area contributed by atoms with Gasteiger partial charge in [0, 0.05) is 44.6 Å². The number of pyridine rings is 1. The van der Waals surface area contributed by atoms with E-state index in [-0.39, 0.29) is 5.91 Å². The molecular weight excluding hydrogens is 310 g/mol. The van der Waals surface area contributed by atoms with Crippen molar-refractivity contribution < 1.29 is 4.79 Å². The zero-order chi connectivity index (χ0) is 17.2. The van der Waals surface area contributed by atoms with Crippen molar-refractivity contribution in [2.24, 2.45) is 0 Å². The number of fused-ring (bicyclic) bond motifs is 1. The summed E-state index contributed by atoms with van der Waals surface area (Å²) in [6.45, 7) is 5.54. The van der Waals surface area contributed by atoms with Gasteiger partial charge in [-0.3, -0.25) is 14.7 Å². The number of aryl methyl sites for hydroxylation is 2. The summed E-state index contributed by atoms with van der Waals surface area (Å²) in [5, 5.41) is 0. The summed E-state index contributed by atoms with van der Waals surface area (Å²) in [7, 11) is 0. The van der Waals surface area contributed by atoms with Crippen LogP contribution >= 0.6 is 0 Å². The molecule has 1 aromatic heterocycles. The first-order valence-electron chi connectivity index (χ1n) is 9.22. The van der Waals surface area contributed by atoms with Gasteiger partial charge in [0.05, 0.1) is 5.56 Å². The second kappa shape index (κ2) is 6.96. The molecule has 0 N–H and O–H groups in total. The van der Waals surface area contributed by atoms with Gasteiger partial charge in [0.25, 0.3) is 5.91 Å². The molecule has 25 heavy (non-hydrogen) atoms. The SMILES string of the molecule is Cc1cncc(C(=O)N2CCN([C@H]3CCc4ccccc4C3)CC2)c1. The molecule has 0 saturated carbocycles. The molecule has 2 aromatic rings. The Morgan fingerprint density at radius 1 is 1.08 bits per heavy atom. The number of nitrogens with zero attached hydrogens (tertiary/aromatic N) is 3. The number of amides is 1. The zero-order valence-electron chi connectivity index (χ0n) is 14.8. The number of benzene rings is 1. The van der Waals surface area contributed by atoms with Crippen LogP contribution in [0.2, 0.25) is 0 Å². The lowest BCUT2D eigenvalue weighted by atomic mass is 9.87. The van der Waals surface area contributed by atoms with Gasteiger partial charge in [-0.1, -0.05) is 24.3 Å². The van der Waals surface area contributed by atoms with Gasteiger partial charge in [0.15, 0.2) is 0 Å². The second-order valence-corrected chi connectivity index (χ2v) is 7.24. The van der Waals surface area contributed by atoms with Gasteiger partial charge in [0.2, 0.25) is 0 Å². The van der Waals surface area contributed by atoms with Crippen LogP contribution in [-0.2, 0) is 12.8 Å². The smallest absolute Gasteiger partial charge is 0.255 e. The lowest BCUT2D eigenvalue weighted by Crippen LogP contribution is -2.53. The van der Waals surface area contributed by atoms with E-state index in [1.54, 1.807) is 12.4 Å². The minimum Gasteiger partial charge on any atom is -0.336 e. The van der Waals surface area contributed by atoms with Crippen molar-refractivity contribution >= 4 is 5.91 Å². The van der Waals surface area contributed by atoms with Crippen LogP contribution in [0.25, 0.3) is 0 Å². The molecule has 1 aromatic carbocycles. The highest BCUT2D eigenvalue weighted by atomic mass is 16.2. The summed E-state index contributed by atoms with van der Waals surface area (Å²) < 4.78 is 0. The maximum Gasteiger partial charge on any atom is 0.255 e. The van der Waals surface area contributed by atoms with Gasteiger partial charge in [-0.25, -0.2) is 0 Å². The topological polar surface area (TPSA) is 36.4 Å². The average Bonchev–Trinajstić information content (AvgIpc) is 2.67. The number of aromatic nitrogens is 1. The average molecular weight is 335 g/mol. The highest BCUT2D eigenvalue weighted by molar-refractivity contribution is 5.94. The minimum absolute atomic E-state index is 0.116. The minimum atomic E-state index is 0.116. The van der Waals surface area contributed by atoms with Crippen LogP contribution in [0.3, 0.4) is 0 Å². The fourth-order valence-electron chi connectivity index (χ4n) is 4.13. The Kier molecular flexibility index (Phi) is 4.53. The summed E-state index contributed by atoms with van der Waals surface area (Å²) in [6, 6.07) is 11.4. The molecule has 1 atom stereocenters. The number of carbonyl (C=O) groups excluding carboxylic acids is 1. The largest absolute Gasteiger partial charge is 0.336 e. The van der Waals surface area contributed by atoms with Crippen molar-refractivity contribution in [3.8, 4) is 0 Å². The molecule has 4 rings (SSSR count). The van der Waals surface area contributed by atoms with Crippen molar-refractivity contribution in [1.82, 2.24) is 14.8 Å². The molecule has 1 saturated heterocycles. The number of carbonyl (C=O) groups is 1. The quantitative estimate of drug-likeness (QED) is 0.847. The van der Waals surface area contributed by atoms with Crippen LogP contribution in [0.15, 0.2) is 42.7 Å². The zero-order valence-corrected chi connectivity index (χ0v) is 14.8. The van der Waals surface area contributed by atoms with Gasteiger partial charge in [0.1, 0.15) is 0 Å². The fourth-order valence-corrected chi connectivity index (χ4v) is 4.13. The van der Waals surface area contributed by atoms with E-state index >= 15 is 0 Å². The predicted molar refractivity (Wildman–Crippen MR) is 98.7 cm³/mol. The summed E-state index contributed by atoms with van der Waals surface area (Å²) in [5.74, 6) is 0.116. The lowest BCUT2D eigenvalue weighted by molar-refractivity contribution is 0.0552. The molecule has 0 bridgehead atoms. The third kappa shape index (κ3) is 3.45. The van der Waals surface area contributed by atoms with E-state index in [0.717, 1.165) is 38.2 Å². The van der Waals surface area contributed by atoms with Crippen molar-refractivity contribution in [2.45, 2.75) is 32.2 Å². The Morgan fingerprint density at radius 2 is 1.84 bits per heavy atom. The van der Waals surface area contributed by atoms with Crippen molar-refractivity contribution in [3.05, 3.63) is 65.0 Å². The molecule has 0 radical (unpaired) electrons. The van der Waals surface area contributed by atoms with E-state index in [1.165, 1.54) is 24.0 Å². The molecule has 2 aliphatic rings. The van der Waals surface area contributed by atoms with Crippen molar-refractivity contribution in [2.75, 3.05) is 26.2 Å². The molecule has 2 heterocycles. The summed E-state index contributed by atoms with van der Waals surface area (Å²) in [4.78, 5) is 21.4. The van der Waals surface area contributed by atoms with Crippen molar-refractivity contribution in [3.63, 3.8) is 0 Å². The maximum absolute atomic E-state index is 12.7. The standard InChI is InChI=1S/C21H25N3O/c1-16-12-19(15-22-14-16)21(25)24-10-8-23(9-11-24)20-7-6-17-4-2-3-5-18(17)13-20/h2-5,12,14-15,20H,6-11,13H2,1H3/t20-/m0/s1. The van der Waals surface area contributed by atoms with Crippen LogP contribution in [0.1, 0.15) is 33.5 Å². The Bertz CT molecular complexity index is 765. The first-order valence-corrected chi connectivity index (χ1v) is 9.22. The van der Waals surface area contributed by atoms with E-state index in [4.69, 9.17) is 0 Å². The highest BCUT2D eigenvalue weighted by Gasteiger charge is 2.29. The summed E-state index contributed by atoms with van der Waals surface area (Å²) in [5.41, 5.74) is 4.76. The maximum atomic E-state index is 12.7. The lowest BCUT2D eigenvalue weighted by Gasteiger charge is -2.41. The van der Waals surface area contributed by atoms with Gasteiger partial charge in [-0.15, -0.1) is 0 Å². The molecule has 1 aliphatic heterocycles. The Hall–Kier alpha value is -2.20.